The topological polar surface area (TPSA) is 69.3 Å². The monoisotopic (exact) mass is 530 g/mol. The van der Waals surface area contributed by atoms with Crippen molar-refractivity contribution in [2.45, 2.75) is 56.1 Å². The fourth-order valence-corrected chi connectivity index (χ4v) is 7.62. The third-order valence-electron chi connectivity index (χ3n) is 9.51. The number of piperazine rings is 1. The molecule has 4 aliphatic rings. The first-order chi connectivity index (χ1) is 19.1. The number of halogens is 2. The van der Waals surface area contributed by atoms with Gasteiger partial charge in [0.15, 0.2) is 5.82 Å². The van der Waals surface area contributed by atoms with Gasteiger partial charge in [-0.05, 0) is 69.8 Å². The number of hydrogen-bond donors (Lipinski definition) is 2. The molecule has 39 heavy (non-hydrogen) atoms. The van der Waals surface area contributed by atoms with E-state index in [1.54, 1.807) is 24.4 Å². The van der Waals surface area contributed by atoms with E-state index in [4.69, 9.17) is 9.72 Å². The Labute approximate surface area is 225 Å². The lowest BCUT2D eigenvalue weighted by Gasteiger charge is -2.34. The summed E-state index contributed by atoms with van der Waals surface area (Å²) in [6.45, 7) is 4.36. The second-order valence-electron chi connectivity index (χ2n) is 11.8. The van der Waals surface area contributed by atoms with Crippen LogP contribution in [0.15, 0.2) is 36.5 Å². The molecule has 2 bridgehead atoms. The number of aromatic amines is 1. The van der Waals surface area contributed by atoms with Crippen LogP contribution in [0.5, 0.6) is 6.01 Å². The lowest BCUT2D eigenvalue weighted by atomic mass is 9.95. The summed E-state index contributed by atoms with van der Waals surface area (Å²) in [7, 11) is 0. The molecule has 0 saturated carbocycles. The van der Waals surface area contributed by atoms with Crippen molar-refractivity contribution in [3.05, 3.63) is 48.2 Å². The molecular formula is C30H32F2N6O. The second-order valence-corrected chi connectivity index (χ2v) is 11.8. The molecule has 9 heteroatoms. The molecule has 0 amide bonds. The Kier molecular flexibility index (Phi) is 5.35. The summed E-state index contributed by atoms with van der Waals surface area (Å²) in [6, 6.07) is 9.47. The number of rotatable bonds is 5. The van der Waals surface area contributed by atoms with Gasteiger partial charge in [-0.1, -0.05) is 12.1 Å². The average Bonchev–Trinajstić information content (AvgIpc) is 3.71. The Morgan fingerprint density at radius 2 is 1.77 bits per heavy atom. The molecule has 2 N–H and O–H groups in total. The molecule has 4 aliphatic heterocycles. The van der Waals surface area contributed by atoms with E-state index in [-0.39, 0.29) is 22.9 Å². The molecule has 4 fully saturated rings. The first kappa shape index (κ1) is 23.6. The van der Waals surface area contributed by atoms with Crippen molar-refractivity contribution in [1.29, 1.82) is 0 Å². The third-order valence-corrected chi connectivity index (χ3v) is 9.51. The lowest BCUT2D eigenvalue weighted by Crippen LogP contribution is -2.51. The van der Waals surface area contributed by atoms with E-state index in [2.05, 4.69) is 25.1 Å². The number of H-pyrrole nitrogens is 1. The molecule has 2 aromatic heterocycles. The van der Waals surface area contributed by atoms with Gasteiger partial charge in [0.25, 0.3) is 0 Å². The molecule has 8 rings (SSSR count). The van der Waals surface area contributed by atoms with E-state index in [0.29, 0.717) is 46.1 Å². The number of aromatic nitrogens is 3. The summed E-state index contributed by atoms with van der Waals surface area (Å²) >= 11 is 0. The highest BCUT2D eigenvalue weighted by atomic mass is 19.1. The predicted molar refractivity (Wildman–Crippen MR) is 147 cm³/mol. The van der Waals surface area contributed by atoms with Gasteiger partial charge in [-0.25, -0.2) is 8.78 Å². The lowest BCUT2D eigenvalue weighted by molar-refractivity contribution is 0.108. The molecule has 7 nitrogen and oxygen atoms in total. The minimum Gasteiger partial charge on any atom is -0.461 e. The molecular weight excluding hydrogens is 498 g/mol. The Balaban J connectivity index is 1.24. The fourth-order valence-electron chi connectivity index (χ4n) is 7.62. The summed E-state index contributed by atoms with van der Waals surface area (Å²) in [5.74, 6) is -0.148. The van der Waals surface area contributed by atoms with Crippen molar-refractivity contribution in [3.8, 4) is 17.1 Å². The van der Waals surface area contributed by atoms with Crippen LogP contribution in [-0.4, -0.2) is 70.3 Å². The summed E-state index contributed by atoms with van der Waals surface area (Å²) in [6.07, 6.45) is 8.51. The molecule has 0 radical (unpaired) electrons. The van der Waals surface area contributed by atoms with E-state index in [1.165, 1.54) is 18.9 Å². The van der Waals surface area contributed by atoms with Crippen molar-refractivity contribution in [2.24, 2.45) is 0 Å². The molecule has 202 valence electrons. The maximum absolute atomic E-state index is 16.4. The molecule has 0 unspecified atom stereocenters. The molecule has 4 saturated heterocycles. The number of fused-ring (bicyclic) bond motifs is 5. The fraction of sp³-hybridized carbons (Fsp3) is 0.467. The normalized spacial score (nSPS) is 24.2. The van der Waals surface area contributed by atoms with E-state index in [1.807, 2.05) is 6.07 Å². The quantitative estimate of drug-likeness (QED) is 0.378. The summed E-state index contributed by atoms with van der Waals surface area (Å²) < 4.78 is 37.6. The molecule has 0 spiro atoms. The van der Waals surface area contributed by atoms with Gasteiger partial charge in [0.2, 0.25) is 0 Å². The van der Waals surface area contributed by atoms with Crippen LogP contribution in [-0.2, 0) is 0 Å². The molecule has 4 aromatic rings. The molecule has 0 aliphatic carbocycles. The Morgan fingerprint density at radius 3 is 2.56 bits per heavy atom. The van der Waals surface area contributed by atoms with Gasteiger partial charge in [0.1, 0.15) is 23.8 Å². The number of nitrogens with zero attached hydrogens (tertiary/aromatic N) is 4. The number of benzene rings is 2. The zero-order valence-corrected chi connectivity index (χ0v) is 21.9. The van der Waals surface area contributed by atoms with Crippen LogP contribution in [0.1, 0.15) is 38.5 Å². The van der Waals surface area contributed by atoms with Crippen LogP contribution in [0, 0.1) is 11.6 Å². The Bertz CT molecular complexity index is 1570. The van der Waals surface area contributed by atoms with Crippen molar-refractivity contribution in [1.82, 2.24) is 25.2 Å². The van der Waals surface area contributed by atoms with Crippen molar-refractivity contribution < 1.29 is 13.5 Å². The highest BCUT2D eigenvalue weighted by Gasteiger charge is 2.45. The van der Waals surface area contributed by atoms with Crippen LogP contribution >= 0.6 is 0 Å². The minimum atomic E-state index is -0.482. The van der Waals surface area contributed by atoms with Crippen LogP contribution in [0.3, 0.4) is 0 Å². The van der Waals surface area contributed by atoms with Crippen molar-refractivity contribution in [2.75, 3.05) is 37.7 Å². The van der Waals surface area contributed by atoms with Crippen LogP contribution in [0.4, 0.5) is 14.6 Å². The SMILES string of the molecule is Fc1c(-c2c[nH]c3cccc(F)c23)ccc2c(N3C[C@H]4CC[C@@H](C3)N4)nc(OCC34CCCN3CCC4)nc12. The second kappa shape index (κ2) is 8.86. The zero-order chi connectivity index (χ0) is 26.1. The number of nitrogens with one attached hydrogen (secondary N) is 2. The third kappa shape index (κ3) is 3.73. The van der Waals surface area contributed by atoms with Crippen LogP contribution < -0.4 is 15.0 Å². The highest BCUT2D eigenvalue weighted by molar-refractivity contribution is 6.00. The van der Waals surface area contributed by atoms with Gasteiger partial charge >= 0.3 is 6.01 Å². The maximum Gasteiger partial charge on any atom is 0.319 e. The summed E-state index contributed by atoms with van der Waals surface area (Å²) in [4.78, 5) is 17.4. The maximum atomic E-state index is 16.4. The van der Waals surface area contributed by atoms with Gasteiger partial charge in [0.05, 0.1) is 5.54 Å². The first-order valence-corrected chi connectivity index (χ1v) is 14.2. The zero-order valence-electron chi connectivity index (χ0n) is 21.9. The van der Waals surface area contributed by atoms with Crippen molar-refractivity contribution in [3.63, 3.8) is 0 Å². The van der Waals surface area contributed by atoms with Gasteiger partial charge in [-0.15, -0.1) is 0 Å². The summed E-state index contributed by atoms with van der Waals surface area (Å²) in [5.41, 5.74) is 1.68. The standard InChI is InChI=1S/C30H32F2N6O/c31-23-4-1-5-24-25(23)22(14-33-24)20-8-9-21-27(26(20)32)35-29(39-17-30-10-2-12-38(30)13-3-11-30)36-28(21)37-15-18-6-7-19(16-37)34-18/h1,4-5,8-9,14,18-19,33-34H,2-3,6-7,10-13,15-17H2/t18-,19+. The van der Waals surface area contributed by atoms with E-state index < -0.39 is 5.82 Å². The highest BCUT2D eigenvalue weighted by Crippen LogP contribution is 2.41. The smallest absolute Gasteiger partial charge is 0.319 e. The minimum absolute atomic E-state index is 0.0363. The van der Waals surface area contributed by atoms with E-state index in [0.717, 1.165) is 57.7 Å². The van der Waals surface area contributed by atoms with E-state index in [9.17, 15) is 4.39 Å². The van der Waals surface area contributed by atoms with Gasteiger partial charge in [0, 0.05) is 58.8 Å². The number of hydrogen-bond acceptors (Lipinski definition) is 6. The van der Waals surface area contributed by atoms with Gasteiger partial charge in [-0.2, -0.15) is 9.97 Å². The predicted octanol–water partition coefficient (Wildman–Crippen LogP) is 5.00. The first-order valence-electron chi connectivity index (χ1n) is 14.2. The molecule has 2 aromatic carbocycles. The number of ether oxygens (including phenoxy) is 1. The van der Waals surface area contributed by atoms with Crippen LogP contribution in [0.25, 0.3) is 32.9 Å². The summed E-state index contributed by atoms with van der Waals surface area (Å²) in [5, 5.41) is 4.70. The average molecular weight is 531 g/mol. The molecule has 6 heterocycles. The Hall–Kier alpha value is -3.30. The van der Waals surface area contributed by atoms with Crippen LogP contribution in [0.2, 0.25) is 0 Å². The van der Waals surface area contributed by atoms with Crippen molar-refractivity contribution >= 4 is 27.6 Å². The number of anilines is 1. The molecule has 2 atom stereocenters. The van der Waals surface area contributed by atoms with E-state index >= 15 is 4.39 Å². The van der Waals surface area contributed by atoms with Gasteiger partial charge < -0.3 is 19.9 Å². The Morgan fingerprint density at radius 1 is 0.974 bits per heavy atom. The largest absolute Gasteiger partial charge is 0.461 e. The van der Waals surface area contributed by atoms with Gasteiger partial charge in [-0.3, -0.25) is 4.90 Å².